The summed E-state index contributed by atoms with van der Waals surface area (Å²) in [5, 5.41) is 19.0. The number of nitrogens with zero attached hydrogens (tertiary/aromatic N) is 2. The summed E-state index contributed by atoms with van der Waals surface area (Å²) in [6.45, 7) is 0. The van der Waals surface area contributed by atoms with Crippen LogP contribution in [0.1, 0.15) is 16.7 Å². The minimum atomic E-state index is 0.584. The lowest BCUT2D eigenvalue weighted by atomic mass is 9.95. The minimum Gasteiger partial charge on any atom is -0.192 e. The zero-order valence-electron chi connectivity index (χ0n) is 9.52. The van der Waals surface area contributed by atoms with E-state index in [0.717, 1.165) is 16.7 Å². The van der Waals surface area contributed by atoms with Gasteiger partial charge in [0.05, 0.1) is 23.3 Å². The van der Waals surface area contributed by atoms with Crippen LogP contribution in [0.5, 0.6) is 0 Å². The summed E-state index contributed by atoms with van der Waals surface area (Å²) >= 11 is 3.37. The molecule has 0 fully saturated rings. The van der Waals surface area contributed by atoms with E-state index < -0.39 is 0 Å². The normalized spacial score (nSPS) is 9.50. The molecule has 0 aliphatic heterocycles. The van der Waals surface area contributed by atoms with Crippen molar-refractivity contribution >= 4 is 15.9 Å². The van der Waals surface area contributed by atoms with Gasteiger partial charge in [0.25, 0.3) is 0 Å². The zero-order chi connectivity index (χ0) is 13.0. The fraction of sp³-hybridized carbons (Fsp3) is 0.0667. The number of halogens is 1. The first-order valence-electron chi connectivity index (χ1n) is 5.38. The third-order valence-corrected chi connectivity index (χ3v) is 3.34. The van der Waals surface area contributed by atoms with Gasteiger partial charge < -0.3 is 0 Å². The summed E-state index contributed by atoms with van der Waals surface area (Å²) in [6.07, 6.45) is 0. The van der Waals surface area contributed by atoms with Gasteiger partial charge in [0.1, 0.15) is 0 Å². The molecular formula is C15H9BrN2. The number of rotatable bonds is 2. The van der Waals surface area contributed by atoms with Crippen LogP contribution < -0.4 is 0 Å². The van der Waals surface area contributed by atoms with E-state index in [0.29, 0.717) is 16.5 Å². The fourth-order valence-electron chi connectivity index (χ4n) is 1.82. The molecule has 86 valence electrons. The van der Waals surface area contributed by atoms with Crippen LogP contribution in [-0.2, 0) is 5.33 Å². The maximum Gasteiger partial charge on any atom is 0.0998 e. The van der Waals surface area contributed by atoms with Gasteiger partial charge in [0.15, 0.2) is 0 Å². The molecule has 2 aromatic carbocycles. The SMILES string of the molecule is N#Cc1ccccc1-c1ccc(CBr)cc1C#N. The molecule has 2 nitrogen and oxygen atoms in total. The zero-order valence-corrected chi connectivity index (χ0v) is 11.1. The molecule has 0 amide bonds. The average molecular weight is 297 g/mol. The van der Waals surface area contributed by atoms with Crippen molar-refractivity contribution in [2.45, 2.75) is 5.33 Å². The Morgan fingerprint density at radius 2 is 1.56 bits per heavy atom. The average Bonchev–Trinajstić information content (AvgIpc) is 2.46. The van der Waals surface area contributed by atoms with Crippen molar-refractivity contribution in [1.29, 1.82) is 10.5 Å². The lowest BCUT2D eigenvalue weighted by Gasteiger charge is -2.07. The van der Waals surface area contributed by atoms with Crippen LogP contribution in [0.4, 0.5) is 0 Å². The van der Waals surface area contributed by atoms with Crippen LogP contribution in [0.2, 0.25) is 0 Å². The van der Waals surface area contributed by atoms with E-state index in [4.69, 9.17) is 5.26 Å². The molecule has 0 aliphatic carbocycles. The number of alkyl halides is 1. The summed E-state index contributed by atoms with van der Waals surface area (Å²) in [7, 11) is 0. The van der Waals surface area contributed by atoms with Crippen LogP contribution in [0.25, 0.3) is 11.1 Å². The fourth-order valence-corrected chi connectivity index (χ4v) is 2.17. The Labute approximate surface area is 114 Å². The van der Waals surface area contributed by atoms with Crippen molar-refractivity contribution < 1.29 is 0 Å². The molecule has 18 heavy (non-hydrogen) atoms. The second-order valence-electron chi connectivity index (χ2n) is 3.78. The first kappa shape index (κ1) is 12.4. The molecule has 2 rings (SSSR count). The third kappa shape index (κ3) is 2.27. The van der Waals surface area contributed by atoms with E-state index in [1.165, 1.54) is 0 Å². The molecule has 0 aliphatic rings. The van der Waals surface area contributed by atoms with E-state index in [1.807, 2.05) is 36.4 Å². The highest BCUT2D eigenvalue weighted by atomic mass is 79.9. The maximum absolute atomic E-state index is 9.22. The van der Waals surface area contributed by atoms with E-state index in [1.54, 1.807) is 6.07 Å². The summed E-state index contributed by atoms with van der Waals surface area (Å²) in [4.78, 5) is 0. The van der Waals surface area contributed by atoms with E-state index in [2.05, 4.69) is 28.1 Å². The Kier molecular flexibility index (Phi) is 3.77. The molecular weight excluding hydrogens is 288 g/mol. The van der Waals surface area contributed by atoms with E-state index in [9.17, 15) is 5.26 Å². The molecule has 0 saturated carbocycles. The summed E-state index contributed by atoms with van der Waals surface area (Å²) in [5.74, 6) is 0. The highest BCUT2D eigenvalue weighted by molar-refractivity contribution is 9.08. The summed E-state index contributed by atoms with van der Waals surface area (Å²) < 4.78 is 0. The highest BCUT2D eigenvalue weighted by Crippen LogP contribution is 2.27. The largest absolute Gasteiger partial charge is 0.192 e. The molecule has 0 unspecified atom stereocenters. The van der Waals surface area contributed by atoms with Crippen LogP contribution in [0, 0.1) is 22.7 Å². The van der Waals surface area contributed by atoms with Crippen LogP contribution in [0.3, 0.4) is 0 Å². The predicted octanol–water partition coefficient (Wildman–Crippen LogP) is 3.99. The van der Waals surface area contributed by atoms with Crippen molar-refractivity contribution in [1.82, 2.24) is 0 Å². The number of benzene rings is 2. The predicted molar refractivity (Wildman–Crippen MR) is 73.9 cm³/mol. The Hall–Kier alpha value is -2.10. The van der Waals surface area contributed by atoms with E-state index in [-0.39, 0.29) is 0 Å². The van der Waals surface area contributed by atoms with Crippen LogP contribution >= 0.6 is 15.9 Å². The van der Waals surface area contributed by atoms with Crippen LogP contribution in [-0.4, -0.2) is 0 Å². The first-order chi connectivity index (χ1) is 8.80. The molecule has 0 aromatic heterocycles. The highest BCUT2D eigenvalue weighted by Gasteiger charge is 2.09. The van der Waals surface area contributed by atoms with Crippen molar-refractivity contribution in [2.24, 2.45) is 0 Å². The van der Waals surface area contributed by atoms with Gasteiger partial charge in [-0.1, -0.05) is 46.3 Å². The quantitative estimate of drug-likeness (QED) is 0.787. The molecule has 0 spiro atoms. The molecule has 0 saturated heterocycles. The lowest BCUT2D eigenvalue weighted by Crippen LogP contribution is -1.90. The smallest absolute Gasteiger partial charge is 0.0998 e. The van der Waals surface area contributed by atoms with Gasteiger partial charge >= 0.3 is 0 Å². The summed E-state index contributed by atoms with van der Waals surface area (Å²) in [5.41, 5.74) is 3.83. The van der Waals surface area contributed by atoms with Gasteiger partial charge in [0, 0.05) is 16.5 Å². The molecule has 0 heterocycles. The Morgan fingerprint density at radius 3 is 2.22 bits per heavy atom. The van der Waals surface area contributed by atoms with Crippen molar-refractivity contribution in [2.75, 3.05) is 0 Å². The molecule has 0 N–H and O–H groups in total. The van der Waals surface area contributed by atoms with Gasteiger partial charge in [-0.3, -0.25) is 0 Å². The van der Waals surface area contributed by atoms with Gasteiger partial charge in [-0.05, 0) is 17.7 Å². The molecule has 2 aromatic rings. The molecule has 0 atom stereocenters. The Balaban J connectivity index is 2.65. The van der Waals surface area contributed by atoms with Gasteiger partial charge in [-0.2, -0.15) is 10.5 Å². The van der Waals surface area contributed by atoms with Gasteiger partial charge in [-0.15, -0.1) is 0 Å². The maximum atomic E-state index is 9.22. The number of hydrogen-bond donors (Lipinski definition) is 0. The number of nitriles is 2. The minimum absolute atomic E-state index is 0.584. The van der Waals surface area contributed by atoms with Crippen molar-refractivity contribution in [3.8, 4) is 23.3 Å². The van der Waals surface area contributed by atoms with Crippen molar-refractivity contribution in [3.05, 3.63) is 59.2 Å². The topological polar surface area (TPSA) is 47.6 Å². The molecule has 3 heteroatoms. The number of hydrogen-bond acceptors (Lipinski definition) is 2. The third-order valence-electron chi connectivity index (χ3n) is 2.70. The summed E-state index contributed by atoms with van der Waals surface area (Å²) in [6, 6.07) is 17.4. The monoisotopic (exact) mass is 296 g/mol. The lowest BCUT2D eigenvalue weighted by molar-refractivity contribution is 1.39. The standard InChI is InChI=1S/C15H9BrN2/c16-8-11-5-6-15(13(7-11)10-18)14-4-2-1-3-12(14)9-17/h1-7H,8H2. The molecule has 0 radical (unpaired) electrons. The van der Waals surface area contributed by atoms with Crippen LogP contribution in [0.15, 0.2) is 42.5 Å². The van der Waals surface area contributed by atoms with E-state index >= 15 is 0 Å². The first-order valence-corrected chi connectivity index (χ1v) is 6.50. The second kappa shape index (κ2) is 5.49. The molecule has 0 bridgehead atoms. The Bertz CT molecular complexity index is 663. The van der Waals surface area contributed by atoms with Gasteiger partial charge in [0.2, 0.25) is 0 Å². The second-order valence-corrected chi connectivity index (χ2v) is 4.34. The Morgan fingerprint density at radius 1 is 0.889 bits per heavy atom. The van der Waals surface area contributed by atoms with Crippen molar-refractivity contribution in [3.63, 3.8) is 0 Å². The van der Waals surface area contributed by atoms with Gasteiger partial charge in [-0.25, -0.2) is 0 Å².